The molecule has 0 saturated heterocycles. The molecule has 1 atom stereocenters. The lowest BCUT2D eigenvalue weighted by Crippen LogP contribution is -2.32. The SMILES string of the molecule is CC(C)CC(O)CNS(=O)(=O)c1csc(C(=O)O)c1. The zero-order valence-electron chi connectivity index (χ0n) is 10.7. The fourth-order valence-corrected chi connectivity index (χ4v) is 3.67. The molecule has 1 unspecified atom stereocenters. The van der Waals surface area contributed by atoms with Gasteiger partial charge < -0.3 is 10.2 Å². The van der Waals surface area contributed by atoms with Gasteiger partial charge in [0.1, 0.15) is 4.88 Å². The molecule has 108 valence electrons. The van der Waals surface area contributed by atoms with Crippen LogP contribution >= 0.6 is 11.3 Å². The molecule has 19 heavy (non-hydrogen) atoms. The van der Waals surface area contributed by atoms with Gasteiger partial charge >= 0.3 is 5.97 Å². The van der Waals surface area contributed by atoms with Gasteiger partial charge in [-0.25, -0.2) is 17.9 Å². The highest BCUT2D eigenvalue weighted by Crippen LogP contribution is 2.19. The molecule has 0 aromatic carbocycles. The maximum atomic E-state index is 11.8. The van der Waals surface area contributed by atoms with Crippen LogP contribution in [0.3, 0.4) is 0 Å². The first-order valence-corrected chi connectivity index (χ1v) is 8.08. The summed E-state index contributed by atoms with van der Waals surface area (Å²) in [4.78, 5) is 10.6. The van der Waals surface area contributed by atoms with Crippen molar-refractivity contribution in [3.05, 3.63) is 16.3 Å². The molecular weight excluding hydrogens is 290 g/mol. The van der Waals surface area contributed by atoms with Gasteiger partial charge in [0.25, 0.3) is 0 Å². The van der Waals surface area contributed by atoms with Gasteiger partial charge in [-0.1, -0.05) is 13.8 Å². The molecule has 0 fully saturated rings. The highest BCUT2D eigenvalue weighted by Gasteiger charge is 2.19. The van der Waals surface area contributed by atoms with E-state index in [2.05, 4.69) is 4.72 Å². The van der Waals surface area contributed by atoms with E-state index >= 15 is 0 Å². The summed E-state index contributed by atoms with van der Waals surface area (Å²) in [5, 5.41) is 19.6. The largest absolute Gasteiger partial charge is 0.477 e. The number of aliphatic hydroxyl groups is 1. The molecule has 1 aromatic rings. The summed E-state index contributed by atoms with van der Waals surface area (Å²) < 4.78 is 26.0. The van der Waals surface area contributed by atoms with E-state index in [1.54, 1.807) is 0 Å². The van der Waals surface area contributed by atoms with Crippen molar-refractivity contribution in [2.24, 2.45) is 5.92 Å². The summed E-state index contributed by atoms with van der Waals surface area (Å²) in [5.74, 6) is -0.898. The van der Waals surface area contributed by atoms with Gasteiger partial charge in [0.05, 0.1) is 11.0 Å². The molecular formula is C11H17NO5S2. The van der Waals surface area contributed by atoms with Crippen LogP contribution in [-0.2, 0) is 10.0 Å². The molecule has 6 nitrogen and oxygen atoms in total. The molecule has 0 saturated carbocycles. The van der Waals surface area contributed by atoms with E-state index < -0.39 is 22.1 Å². The van der Waals surface area contributed by atoms with Crippen LogP contribution in [0.5, 0.6) is 0 Å². The fourth-order valence-electron chi connectivity index (χ4n) is 1.49. The first-order valence-electron chi connectivity index (χ1n) is 5.72. The number of aromatic carboxylic acids is 1. The number of nitrogens with one attached hydrogen (secondary N) is 1. The second-order valence-electron chi connectivity index (χ2n) is 4.59. The van der Waals surface area contributed by atoms with E-state index in [9.17, 15) is 18.3 Å². The summed E-state index contributed by atoms with van der Waals surface area (Å²) in [7, 11) is -3.77. The van der Waals surface area contributed by atoms with Crippen LogP contribution in [0.15, 0.2) is 16.3 Å². The Morgan fingerprint density at radius 2 is 2.11 bits per heavy atom. The molecule has 0 spiro atoms. The number of hydrogen-bond acceptors (Lipinski definition) is 5. The van der Waals surface area contributed by atoms with Gasteiger partial charge in [0, 0.05) is 11.9 Å². The summed E-state index contributed by atoms with van der Waals surface area (Å²) in [6, 6.07) is 1.10. The van der Waals surface area contributed by atoms with Crippen molar-refractivity contribution >= 4 is 27.3 Å². The van der Waals surface area contributed by atoms with Crippen LogP contribution in [-0.4, -0.2) is 37.2 Å². The van der Waals surface area contributed by atoms with Gasteiger partial charge in [-0.05, 0) is 18.4 Å². The predicted octanol–water partition coefficient (Wildman–Crippen LogP) is 1.13. The molecule has 8 heteroatoms. The van der Waals surface area contributed by atoms with E-state index in [0.717, 1.165) is 17.4 Å². The first-order chi connectivity index (χ1) is 8.72. The van der Waals surface area contributed by atoms with Crippen LogP contribution in [0.1, 0.15) is 29.9 Å². The summed E-state index contributed by atoms with van der Waals surface area (Å²) in [6.07, 6.45) is -0.264. The van der Waals surface area contributed by atoms with E-state index in [1.165, 1.54) is 5.38 Å². The van der Waals surface area contributed by atoms with Crippen LogP contribution in [0.4, 0.5) is 0 Å². The smallest absolute Gasteiger partial charge is 0.345 e. The minimum Gasteiger partial charge on any atom is -0.477 e. The number of hydrogen-bond donors (Lipinski definition) is 3. The molecule has 0 aliphatic rings. The van der Waals surface area contributed by atoms with E-state index in [1.807, 2.05) is 13.8 Å². The van der Waals surface area contributed by atoms with Crippen molar-refractivity contribution in [1.82, 2.24) is 4.72 Å². The number of carboxylic acid groups (broad SMARTS) is 1. The minimum absolute atomic E-state index is 0.0388. The standard InChI is InChI=1S/C11H17NO5S2/c1-7(2)3-8(13)5-12-19(16,17)9-4-10(11(14)15)18-6-9/h4,6-8,12-13H,3,5H2,1-2H3,(H,14,15). The molecule has 3 N–H and O–H groups in total. The van der Waals surface area contributed by atoms with Crippen molar-refractivity contribution in [2.45, 2.75) is 31.3 Å². The highest BCUT2D eigenvalue weighted by atomic mass is 32.2. The average Bonchev–Trinajstić information content (AvgIpc) is 2.75. The Kier molecular flexibility index (Phi) is 5.48. The zero-order valence-corrected chi connectivity index (χ0v) is 12.3. The number of thiophene rings is 1. The fraction of sp³-hybridized carbons (Fsp3) is 0.545. The Bertz CT molecular complexity index is 535. The lowest BCUT2D eigenvalue weighted by Gasteiger charge is -2.13. The quantitative estimate of drug-likeness (QED) is 0.700. The molecule has 0 amide bonds. The van der Waals surface area contributed by atoms with E-state index in [4.69, 9.17) is 5.11 Å². The Balaban J connectivity index is 2.67. The summed E-state index contributed by atoms with van der Waals surface area (Å²) in [5.41, 5.74) is 0. The lowest BCUT2D eigenvalue weighted by molar-refractivity contribution is 0.0702. The van der Waals surface area contributed by atoms with Crippen LogP contribution < -0.4 is 4.72 Å². The Hall–Kier alpha value is -0.960. The highest BCUT2D eigenvalue weighted by molar-refractivity contribution is 7.89. The molecule has 0 aliphatic carbocycles. The zero-order chi connectivity index (χ0) is 14.6. The third-order valence-electron chi connectivity index (χ3n) is 2.35. The maximum absolute atomic E-state index is 11.8. The van der Waals surface area contributed by atoms with Crippen molar-refractivity contribution in [2.75, 3.05) is 6.54 Å². The van der Waals surface area contributed by atoms with Crippen LogP contribution in [0, 0.1) is 5.92 Å². The summed E-state index contributed by atoms with van der Waals surface area (Å²) >= 11 is 0.848. The second-order valence-corrected chi connectivity index (χ2v) is 7.27. The molecule has 1 aromatic heterocycles. The van der Waals surface area contributed by atoms with Crippen molar-refractivity contribution < 1.29 is 23.4 Å². The topological polar surface area (TPSA) is 104 Å². The molecule has 1 heterocycles. The van der Waals surface area contributed by atoms with E-state index in [0.29, 0.717) is 6.42 Å². The number of sulfonamides is 1. The molecule has 1 rings (SSSR count). The Morgan fingerprint density at radius 1 is 1.47 bits per heavy atom. The average molecular weight is 307 g/mol. The van der Waals surface area contributed by atoms with Gasteiger partial charge in [0.15, 0.2) is 0 Å². The summed E-state index contributed by atoms with van der Waals surface area (Å²) in [6.45, 7) is 3.77. The number of aliphatic hydroxyl groups excluding tert-OH is 1. The lowest BCUT2D eigenvalue weighted by atomic mass is 10.1. The monoisotopic (exact) mass is 307 g/mol. The van der Waals surface area contributed by atoms with Gasteiger partial charge in [0.2, 0.25) is 10.0 Å². The van der Waals surface area contributed by atoms with Crippen molar-refractivity contribution in [3.63, 3.8) is 0 Å². The molecule has 0 radical (unpaired) electrons. The van der Waals surface area contributed by atoms with Gasteiger partial charge in [-0.2, -0.15) is 0 Å². The number of rotatable bonds is 7. The van der Waals surface area contributed by atoms with Crippen molar-refractivity contribution in [1.29, 1.82) is 0 Å². The normalized spacial score (nSPS) is 13.7. The van der Waals surface area contributed by atoms with Gasteiger partial charge in [-0.15, -0.1) is 11.3 Å². The van der Waals surface area contributed by atoms with Crippen molar-refractivity contribution in [3.8, 4) is 0 Å². The Labute approximate surface area is 116 Å². The third-order valence-corrected chi connectivity index (χ3v) is 4.82. The molecule has 0 bridgehead atoms. The maximum Gasteiger partial charge on any atom is 0.345 e. The van der Waals surface area contributed by atoms with Crippen LogP contribution in [0.2, 0.25) is 0 Å². The molecule has 0 aliphatic heterocycles. The number of carbonyl (C=O) groups is 1. The van der Waals surface area contributed by atoms with Crippen LogP contribution in [0.25, 0.3) is 0 Å². The number of carboxylic acids is 1. The van der Waals surface area contributed by atoms with Gasteiger partial charge in [-0.3, -0.25) is 0 Å². The minimum atomic E-state index is -3.77. The predicted molar refractivity (Wildman–Crippen MR) is 71.9 cm³/mol. The first kappa shape index (κ1) is 16.1. The second kappa shape index (κ2) is 6.47. The van der Waals surface area contributed by atoms with E-state index in [-0.39, 0.29) is 22.2 Å². The third kappa shape index (κ3) is 4.90. The Morgan fingerprint density at radius 3 is 2.58 bits per heavy atom.